The van der Waals surface area contributed by atoms with Crippen LogP contribution in [0.1, 0.15) is 18.6 Å². The number of amides is 2. The van der Waals surface area contributed by atoms with Gasteiger partial charge in [0.05, 0.1) is 23.7 Å². The van der Waals surface area contributed by atoms with Crippen LogP contribution in [0.4, 0.5) is 10.1 Å². The van der Waals surface area contributed by atoms with Crippen LogP contribution in [0.25, 0.3) is 10.9 Å². The molecule has 2 N–H and O–H groups in total. The number of rotatable bonds is 9. The Kier molecular flexibility index (Phi) is 7.65. The lowest BCUT2D eigenvalue weighted by molar-refractivity contribution is -0.121. The normalized spacial score (nSPS) is 10.9. The maximum Gasteiger partial charge on any atom is 0.331 e. The van der Waals surface area contributed by atoms with E-state index in [4.69, 9.17) is 16.0 Å². The highest BCUT2D eigenvalue weighted by molar-refractivity contribution is 6.31. The molecule has 2 aromatic heterocycles. The van der Waals surface area contributed by atoms with Gasteiger partial charge in [0, 0.05) is 23.7 Å². The zero-order valence-electron chi connectivity index (χ0n) is 19.0. The molecule has 0 atom stereocenters. The number of nitrogens with zero attached hydrogens (tertiary/aromatic N) is 2. The lowest BCUT2D eigenvalue weighted by atomic mass is 10.2. The van der Waals surface area contributed by atoms with Gasteiger partial charge in [0.25, 0.3) is 5.56 Å². The number of carbonyl (C=O) groups excluding carboxylic acids is 2. The first kappa shape index (κ1) is 24.9. The van der Waals surface area contributed by atoms with Gasteiger partial charge in [0.1, 0.15) is 18.1 Å². The highest BCUT2D eigenvalue weighted by Gasteiger charge is 2.16. The molecule has 0 radical (unpaired) electrons. The number of halogens is 2. The van der Waals surface area contributed by atoms with E-state index in [9.17, 15) is 23.6 Å². The van der Waals surface area contributed by atoms with Crippen molar-refractivity contribution >= 4 is 40.0 Å². The predicted octanol–water partition coefficient (Wildman–Crippen LogP) is 3.28. The van der Waals surface area contributed by atoms with E-state index in [1.807, 2.05) is 0 Å². The number of furan rings is 1. The molecule has 2 amide bonds. The molecule has 0 spiro atoms. The molecule has 0 saturated heterocycles. The third-order valence-electron chi connectivity index (χ3n) is 5.42. The number of aromatic nitrogens is 2. The van der Waals surface area contributed by atoms with Gasteiger partial charge < -0.3 is 15.1 Å². The van der Waals surface area contributed by atoms with Gasteiger partial charge in [-0.1, -0.05) is 17.7 Å². The summed E-state index contributed by atoms with van der Waals surface area (Å²) in [4.78, 5) is 51.1. The molecule has 9 nitrogen and oxygen atoms in total. The number of benzene rings is 2. The molecule has 0 aliphatic heterocycles. The van der Waals surface area contributed by atoms with Crippen molar-refractivity contribution in [2.45, 2.75) is 32.5 Å². The van der Waals surface area contributed by atoms with E-state index in [0.717, 1.165) is 15.2 Å². The number of fused-ring (bicyclic) bond motifs is 1. The van der Waals surface area contributed by atoms with Gasteiger partial charge in [0.2, 0.25) is 11.8 Å². The molecule has 0 bridgehead atoms. The van der Waals surface area contributed by atoms with E-state index < -0.39 is 29.5 Å². The molecule has 2 heterocycles. The van der Waals surface area contributed by atoms with E-state index in [0.29, 0.717) is 5.76 Å². The Morgan fingerprint density at radius 1 is 1.00 bits per heavy atom. The average molecular weight is 513 g/mol. The second-order valence-electron chi connectivity index (χ2n) is 8.01. The van der Waals surface area contributed by atoms with Crippen LogP contribution in [0.5, 0.6) is 0 Å². The summed E-state index contributed by atoms with van der Waals surface area (Å²) in [5.74, 6) is -0.767. The third kappa shape index (κ3) is 5.89. The zero-order chi connectivity index (χ0) is 25.7. The summed E-state index contributed by atoms with van der Waals surface area (Å²) >= 11 is 6.08. The van der Waals surface area contributed by atoms with Crippen molar-refractivity contribution in [2.75, 3.05) is 5.32 Å². The number of hydrogen-bond acceptors (Lipinski definition) is 5. The summed E-state index contributed by atoms with van der Waals surface area (Å²) in [5.41, 5.74) is -0.819. The Morgan fingerprint density at radius 2 is 1.83 bits per heavy atom. The summed E-state index contributed by atoms with van der Waals surface area (Å²) < 4.78 is 20.7. The van der Waals surface area contributed by atoms with Gasteiger partial charge in [-0.3, -0.25) is 23.5 Å². The quantitative estimate of drug-likeness (QED) is 0.357. The van der Waals surface area contributed by atoms with Crippen molar-refractivity contribution in [1.29, 1.82) is 0 Å². The Morgan fingerprint density at radius 3 is 2.58 bits per heavy atom. The van der Waals surface area contributed by atoms with Gasteiger partial charge in [-0.15, -0.1) is 0 Å². The van der Waals surface area contributed by atoms with Crippen LogP contribution in [-0.2, 0) is 29.2 Å². The van der Waals surface area contributed by atoms with Crippen LogP contribution in [-0.4, -0.2) is 20.9 Å². The highest BCUT2D eigenvalue weighted by atomic mass is 35.5. The largest absolute Gasteiger partial charge is 0.467 e. The zero-order valence-corrected chi connectivity index (χ0v) is 19.8. The van der Waals surface area contributed by atoms with Crippen molar-refractivity contribution in [3.63, 3.8) is 0 Å². The minimum absolute atomic E-state index is 0.0419. The average Bonchev–Trinajstić information content (AvgIpc) is 3.36. The topological polar surface area (TPSA) is 115 Å². The highest BCUT2D eigenvalue weighted by Crippen LogP contribution is 2.16. The molecular weight excluding hydrogens is 491 g/mol. The van der Waals surface area contributed by atoms with Crippen molar-refractivity contribution in [2.24, 2.45) is 0 Å². The van der Waals surface area contributed by atoms with Crippen molar-refractivity contribution < 1.29 is 18.4 Å². The predicted molar refractivity (Wildman–Crippen MR) is 132 cm³/mol. The van der Waals surface area contributed by atoms with E-state index >= 15 is 0 Å². The Hall–Kier alpha value is -4.18. The molecule has 2 aromatic carbocycles. The Balaban J connectivity index is 1.54. The number of hydrogen-bond donors (Lipinski definition) is 2. The van der Waals surface area contributed by atoms with Gasteiger partial charge in [-0.05, 0) is 55.0 Å². The molecule has 0 unspecified atom stereocenters. The Bertz CT molecular complexity index is 1530. The van der Waals surface area contributed by atoms with Crippen molar-refractivity contribution in [3.05, 3.63) is 98.3 Å². The minimum Gasteiger partial charge on any atom is -0.467 e. The molecule has 0 saturated carbocycles. The summed E-state index contributed by atoms with van der Waals surface area (Å²) in [6.45, 7) is -0.231. The minimum atomic E-state index is -0.708. The molecule has 0 fully saturated rings. The second kappa shape index (κ2) is 11.0. The van der Waals surface area contributed by atoms with Gasteiger partial charge >= 0.3 is 5.69 Å². The molecule has 11 heteroatoms. The fourth-order valence-electron chi connectivity index (χ4n) is 3.74. The summed E-state index contributed by atoms with van der Waals surface area (Å²) in [6.07, 6.45) is 1.78. The van der Waals surface area contributed by atoms with Gasteiger partial charge in [0.15, 0.2) is 0 Å². The fraction of sp³-hybridized carbons (Fsp3) is 0.200. The van der Waals surface area contributed by atoms with Gasteiger partial charge in [-0.2, -0.15) is 0 Å². The summed E-state index contributed by atoms with van der Waals surface area (Å²) in [7, 11) is 0. The van der Waals surface area contributed by atoms with E-state index in [2.05, 4.69) is 10.6 Å². The smallest absolute Gasteiger partial charge is 0.331 e. The first-order chi connectivity index (χ1) is 17.3. The second-order valence-corrected chi connectivity index (χ2v) is 8.44. The monoisotopic (exact) mass is 512 g/mol. The van der Waals surface area contributed by atoms with E-state index in [-0.39, 0.29) is 53.5 Å². The maximum absolute atomic E-state index is 13.5. The number of carbonyl (C=O) groups is 2. The standard InChI is InChI=1S/C25H22ClFN4O5/c26-16-8-9-21-20(12-16)24(34)30(10-2-7-22(32)28-14-19-6-3-11-36-19)25(35)31(21)15-23(33)29-18-5-1-4-17(27)13-18/h1,3-6,8-9,11-13H,2,7,10,14-15H2,(H,28,32)(H,29,33). The van der Waals surface area contributed by atoms with Crippen LogP contribution in [0.3, 0.4) is 0 Å². The number of nitrogens with one attached hydrogen (secondary N) is 2. The molecule has 186 valence electrons. The van der Waals surface area contributed by atoms with Crippen LogP contribution in [0.2, 0.25) is 5.02 Å². The third-order valence-corrected chi connectivity index (χ3v) is 5.66. The molecule has 4 aromatic rings. The first-order valence-electron chi connectivity index (χ1n) is 11.1. The lowest BCUT2D eigenvalue weighted by Gasteiger charge is -2.14. The number of anilines is 1. The summed E-state index contributed by atoms with van der Waals surface area (Å²) in [5, 5.41) is 5.69. The molecule has 0 aliphatic carbocycles. The Labute approximate surface area is 209 Å². The SMILES string of the molecule is O=C(CCCn1c(=O)c2cc(Cl)ccc2n(CC(=O)Nc2cccc(F)c2)c1=O)NCc1ccco1. The van der Waals surface area contributed by atoms with Crippen LogP contribution < -0.4 is 21.9 Å². The van der Waals surface area contributed by atoms with Crippen LogP contribution in [0, 0.1) is 5.82 Å². The first-order valence-corrected chi connectivity index (χ1v) is 11.5. The summed E-state index contributed by atoms with van der Waals surface area (Å²) in [6, 6.07) is 13.2. The maximum atomic E-state index is 13.5. The van der Waals surface area contributed by atoms with Crippen molar-refractivity contribution in [1.82, 2.24) is 14.5 Å². The fourth-order valence-corrected chi connectivity index (χ4v) is 3.91. The van der Waals surface area contributed by atoms with Crippen LogP contribution in [0.15, 0.2) is 74.9 Å². The lowest BCUT2D eigenvalue weighted by Crippen LogP contribution is -2.42. The van der Waals surface area contributed by atoms with E-state index in [1.165, 1.54) is 42.7 Å². The molecule has 4 rings (SSSR count). The molecular formula is C25H22ClFN4O5. The van der Waals surface area contributed by atoms with E-state index in [1.54, 1.807) is 12.1 Å². The van der Waals surface area contributed by atoms with Crippen molar-refractivity contribution in [3.8, 4) is 0 Å². The van der Waals surface area contributed by atoms with Crippen LogP contribution >= 0.6 is 11.6 Å². The molecule has 0 aliphatic rings. The van der Waals surface area contributed by atoms with Gasteiger partial charge in [-0.25, -0.2) is 9.18 Å². The molecule has 36 heavy (non-hydrogen) atoms.